The maximum absolute atomic E-state index is 13.2. The van der Waals surface area contributed by atoms with E-state index in [0.29, 0.717) is 45.9 Å². The van der Waals surface area contributed by atoms with Gasteiger partial charge >= 0.3 is 0 Å². The average Bonchev–Trinajstić information content (AvgIpc) is 3.39. The molecule has 0 N–H and O–H groups in total. The highest BCUT2D eigenvalue weighted by atomic mass is 32.2. The first-order chi connectivity index (χ1) is 19.5. The first-order valence-electron chi connectivity index (χ1n) is 12.8. The fraction of sp³-hybridized carbons (Fsp3) is 0.129. The van der Waals surface area contributed by atoms with Crippen molar-refractivity contribution in [1.82, 2.24) is 19.7 Å². The number of thioether (sulfide) groups is 1. The van der Waals surface area contributed by atoms with Crippen LogP contribution in [0.1, 0.15) is 43.3 Å². The van der Waals surface area contributed by atoms with Crippen LogP contribution in [0.25, 0.3) is 16.5 Å². The number of para-hydroxylation sites is 1. The fourth-order valence-electron chi connectivity index (χ4n) is 4.92. The standard InChI is InChI=1S/C31H23FN4O3S/c32-22-16-14-20(15-17-22)26(37)19-40-31-34-33-27(36(31)23-9-2-1-3-10-23)13-6-18-35-29(38)24-11-4-7-21-8-5-12-25(28(21)24)30(35)39/h1-5,7-12,14-17H,6,13,18-19H2. The number of carbonyl (C=O) groups is 3. The molecule has 2 heterocycles. The Balaban J connectivity index is 1.19. The van der Waals surface area contributed by atoms with Gasteiger partial charge < -0.3 is 0 Å². The molecular weight excluding hydrogens is 527 g/mol. The first kappa shape index (κ1) is 25.6. The monoisotopic (exact) mass is 550 g/mol. The molecule has 1 aromatic heterocycles. The summed E-state index contributed by atoms with van der Waals surface area (Å²) in [5, 5.41) is 10.8. The summed E-state index contributed by atoms with van der Waals surface area (Å²) >= 11 is 1.25. The average molecular weight is 551 g/mol. The van der Waals surface area contributed by atoms with E-state index in [1.807, 2.05) is 59.2 Å². The molecule has 198 valence electrons. The summed E-state index contributed by atoms with van der Waals surface area (Å²) in [6.45, 7) is 0.232. The van der Waals surface area contributed by atoms with Gasteiger partial charge in [0.2, 0.25) is 0 Å². The van der Waals surface area contributed by atoms with E-state index < -0.39 is 5.82 Å². The Kier molecular flexibility index (Phi) is 6.96. The van der Waals surface area contributed by atoms with Gasteiger partial charge in [-0.3, -0.25) is 23.9 Å². The fourth-order valence-corrected chi connectivity index (χ4v) is 5.79. The van der Waals surface area contributed by atoms with Crippen molar-refractivity contribution in [2.75, 3.05) is 12.3 Å². The Morgan fingerprint density at radius 2 is 1.48 bits per heavy atom. The molecule has 0 bridgehead atoms. The zero-order chi connectivity index (χ0) is 27.6. The van der Waals surface area contributed by atoms with E-state index in [9.17, 15) is 18.8 Å². The smallest absolute Gasteiger partial charge is 0.261 e. The van der Waals surface area contributed by atoms with Crippen LogP contribution in [0.4, 0.5) is 4.39 Å². The van der Waals surface area contributed by atoms with Crippen molar-refractivity contribution in [3.05, 3.63) is 119 Å². The summed E-state index contributed by atoms with van der Waals surface area (Å²) in [5.74, 6) is -0.372. The number of aryl methyl sites for hydroxylation is 1. The van der Waals surface area contributed by atoms with Crippen LogP contribution in [0.5, 0.6) is 0 Å². The van der Waals surface area contributed by atoms with Crippen molar-refractivity contribution in [2.24, 2.45) is 0 Å². The number of amides is 2. The predicted octanol–water partition coefficient (Wildman–Crippen LogP) is 5.76. The molecule has 5 aromatic rings. The Labute approximate surface area is 233 Å². The largest absolute Gasteiger partial charge is 0.293 e. The molecule has 0 unspecified atom stereocenters. The molecule has 0 aliphatic carbocycles. The van der Waals surface area contributed by atoms with Crippen LogP contribution < -0.4 is 0 Å². The van der Waals surface area contributed by atoms with Crippen molar-refractivity contribution >= 4 is 40.1 Å². The van der Waals surface area contributed by atoms with E-state index in [1.165, 1.54) is 40.9 Å². The number of imide groups is 1. The summed E-state index contributed by atoms with van der Waals surface area (Å²) in [4.78, 5) is 40.5. The van der Waals surface area contributed by atoms with Gasteiger partial charge in [0.1, 0.15) is 11.6 Å². The van der Waals surface area contributed by atoms with Crippen molar-refractivity contribution in [1.29, 1.82) is 0 Å². The summed E-state index contributed by atoms with van der Waals surface area (Å²) in [5.41, 5.74) is 2.33. The van der Waals surface area contributed by atoms with Gasteiger partial charge in [-0.25, -0.2) is 4.39 Å². The molecule has 4 aromatic carbocycles. The van der Waals surface area contributed by atoms with Crippen LogP contribution in [0.2, 0.25) is 0 Å². The lowest BCUT2D eigenvalue weighted by atomic mass is 9.94. The second-order valence-electron chi connectivity index (χ2n) is 9.36. The van der Waals surface area contributed by atoms with E-state index >= 15 is 0 Å². The molecule has 40 heavy (non-hydrogen) atoms. The third-order valence-electron chi connectivity index (χ3n) is 6.85. The number of hydrogen-bond donors (Lipinski definition) is 0. The highest BCUT2D eigenvalue weighted by Gasteiger charge is 2.32. The van der Waals surface area contributed by atoms with Crippen molar-refractivity contribution in [3.8, 4) is 5.69 Å². The van der Waals surface area contributed by atoms with Gasteiger partial charge in [0.25, 0.3) is 11.8 Å². The molecule has 0 spiro atoms. The number of carbonyl (C=O) groups excluding carboxylic acids is 3. The minimum absolute atomic E-state index is 0.109. The van der Waals surface area contributed by atoms with Crippen molar-refractivity contribution in [3.63, 3.8) is 0 Å². The molecule has 6 rings (SSSR count). The van der Waals surface area contributed by atoms with Crippen molar-refractivity contribution < 1.29 is 18.8 Å². The maximum Gasteiger partial charge on any atom is 0.261 e. The summed E-state index contributed by atoms with van der Waals surface area (Å²) in [6, 6.07) is 26.0. The van der Waals surface area contributed by atoms with E-state index in [2.05, 4.69) is 10.2 Å². The topological polar surface area (TPSA) is 85.2 Å². The highest BCUT2D eigenvalue weighted by molar-refractivity contribution is 7.99. The number of halogens is 1. The normalized spacial score (nSPS) is 12.8. The third kappa shape index (κ3) is 4.80. The van der Waals surface area contributed by atoms with Crippen LogP contribution in [-0.4, -0.2) is 49.6 Å². The van der Waals surface area contributed by atoms with Crippen molar-refractivity contribution in [2.45, 2.75) is 18.0 Å². The van der Waals surface area contributed by atoms with Gasteiger partial charge in [0.15, 0.2) is 10.9 Å². The van der Waals surface area contributed by atoms with E-state index in [-0.39, 0.29) is 29.9 Å². The molecule has 1 aliphatic rings. The molecule has 9 heteroatoms. The number of nitrogens with zero attached hydrogens (tertiary/aromatic N) is 4. The second-order valence-corrected chi connectivity index (χ2v) is 10.3. The minimum Gasteiger partial charge on any atom is -0.293 e. The number of Topliss-reactive ketones (excluding diaryl/α,β-unsaturated/α-hetero) is 1. The number of aromatic nitrogens is 3. The Bertz CT molecular complexity index is 1700. The van der Waals surface area contributed by atoms with Gasteiger partial charge in [0.05, 0.1) is 5.75 Å². The Morgan fingerprint density at radius 3 is 2.15 bits per heavy atom. The number of benzene rings is 4. The van der Waals surface area contributed by atoms with Crippen LogP contribution in [0.3, 0.4) is 0 Å². The Hall–Kier alpha value is -4.63. The zero-order valence-electron chi connectivity index (χ0n) is 21.3. The van der Waals surface area contributed by atoms with Gasteiger partial charge in [-0.15, -0.1) is 10.2 Å². The summed E-state index contributed by atoms with van der Waals surface area (Å²) in [6.07, 6.45) is 0.942. The van der Waals surface area contributed by atoms with Gasteiger partial charge in [0, 0.05) is 40.7 Å². The summed E-state index contributed by atoms with van der Waals surface area (Å²) in [7, 11) is 0. The molecule has 0 saturated carbocycles. The number of rotatable bonds is 9. The lowest BCUT2D eigenvalue weighted by Gasteiger charge is -2.27. The quantitative estimate of drug-likeness (QED) is 0.132. The van der Waals surface area contributed by atoms with Crippen LogP contribution >= 0.6 is 11.8 Å². The van der Waals surface area contributed by atoms with Gasteiger partial charge in [-0.1, -0.05) is 54.2 Å². The lowest BCUT2D eigenvalue weighted by Crippen LogP contribution is -2.41. The molecule has 2 amide bonds. The van der Waals surface area contributed by atoms with Gasteiger partial charge in [-0.2, -0.15) is 0 Å². The first-order valence-corrected chi connectivity index (χ1v) is 13.8. The number of hydrogen-bond acceptors (Lipinski definition) is 6. The number of ketones is 1. The molecule has 0 radical (unpaired) electrons. The highest BCUT2D eigenvalue weighted by Crippen LogP contribution is 2.30. The third-order valence-corrected chi connectivity index (χ3v) is 7.78. The molecule has 0 saturated heterocycles. The SMILES string of the molecule is O=C(CSc1nnc(CCCN2C(=O)c3cccc4cccc(c34)C2=O)n1-c1ccccc1)c1ccc(F)cc1. The maximum atomic E-state index is 13.2. The second kappa shape index (κ2) is 10.9. The van der Waals surface area contributed by atoms with E-state index in [4.69, 9.17) is 0 Å². The van der Waals surface area contributed by atoms with Gasteiger partial charge in [-0.05, 0) is 60.3 Å². The molecule has 0 atom stereocenters. The molecule has 0 fully saturated rings. The molecule has 7 nitrogen and oxygen atoms in total. The lowest BCUT2D eigenvalue weighted by molar-refractivity contribution is 0.0608. The minimum atomic E-state index is -0.396. The molecule has 1 aliphatic heterocycles. The zero-order valence-corrected chi connectivity index (χ0v) is 22.1. The van der Waals surface area contributed by atoms with Crippen LogP contribution in [-0.2, 0) is 6.42 Å². The summed E-state index contributed by atoms with van der Waals surface area (Å²) < 4.78 is 15.1. The predicted molar refractivity (Wildman–Crippen MR) is 150 cm³/mol. The van der Waals surface area contributed by atoms with E-state index in [1.54, 1.807) is 12.1 Å². The molecular formula is C31H23FN4O3S. The van der Waals surface area contributed by atoms with Crippen LogP contribution in [0.15, 0.2) is 96.2 Å². The van der Waals surface area contributed by atoms with Crippen LogP contribution in [0, 0.1) is 5.82 Å². The van der Waals surface area contributed by atoms with E-state index in [0.717, 1.165) is 11.1 Å². The Morgan fingerprint density at radius 1 is 0.800 bits per heavy atom.